The number of unbranched alkanes of at least 4 members (excludes halogenated alkanes) is 6. The van der Waals surface area contributed by atoms with E-state index in [1.807, 2.05) is 0 Å². The number of ether oxygens (including phenoxy) is 1. The fourth-order valence-electron chi connectivity index (χ4n) is 7.27. The number of allylic oxidation sites excluding steroid dienone is 2. The van der Waals surface area contributed by atoms with E-state index in [0.717, 1.165) is 37.6 Å². The van der Waals surface area contributed by atoms with E-state index in [9.17, 15) is 0 Å². The molecule has 0 fully saturated rings. The SMILES string of the molecule is C=CCC1(C)C(/C=C2\Oc3c(ccc4ccccc34)N2CCCCCC)=[N+](CCCCCC)c2ccc3ccccc3c21. The zero-order valence-electron chi connectivity index (χ0n) is 26.4. The van der Waals surface area contributed by atoms with E-state index in [0.29, 0.717) is 0 Å². The highest BCUT2D eigenvalue weighted by Crippen LogP contribution is 2.49. The molecule has 0 aromatic heterocycles. The lowest BCUT2D eigenvalue weighted by molar-refractivity contribution is -0.438. The third kappa shape index (κ3) is 5.39. The summed E-state index contributed by atoms with van der Waals surface area (Å²) in [5.74, 6) is 1.94. The van der Waals surface area contributed by atoms with Crippen LogP contribution in [0.25, 0.3) is 21.5 Å². The van der Waals surface area contributed by atoms with Gasteiger partial charge in [0.15, 0.2) is 11.5 Å². The summed E-state index contributed by atoms with van der Waals surface area (Å²) >= 11 is 0. The van der Waals surface area contributed by atoms with Crippen molar-refractivity contribution in [2.45, 2.75) is 84.0 Å². The quantitative estimate of drug-likeness (QED) is 0.0901. The second kappa shape index (κ2) is 12.8. The van der Waals surface area contributed by atoms with Crippen molar-refractivity contribution in [3.63, 3.8) is 0 Å². The number of hydrogen-bond donors (Lipinski definition) is 0. The molecule has 0 bridgehead atoms. The highest BCUT2D eigenvalue weighted by Gasteiger charge is 2.49. The van der Waals surface area contributed by atoms with Gasteiger partial charge in [0.25, 0.3) is 0 Å². The van der Waals surface area contributed by atoms with Gasteiger partial charge in [-0.25, -0.2) is 0 Å². The maximum absolute atomic E-state index is 6.91. The normalized spacial score (nSPS) is 18.5. The Bertz CT molecular complexity index is 1700. The molecule has 0 radical (unpaired) electrons. The smallest absolute Gasteiger partial charge is 0.210 e. The van der Waals surface area contributed by atoms with Crippen LogP contribution in [-0.2, 0) is 5.41 Å². The summed E-state index contributed by atoms with van der Waals surface area (Å²) in [6.07, 6.45) is 15.2. The van der Waals surface area contributed by atoms with E-state index in [2.05, 4.69) is 122 Å². The molecule has 1 atom stereocenters. The van der Waals surface area contributed by atoms with E-state index in [-0.39, 0.29) is 5.41 Å². The predicted molar refractivity (Wildman–Crippen MR) is 184 cm³/mol. The van der Waals surface area contributed by atoms with Gasteiger partial charge in [-0.05, 0) is 54.5 Å². The lowest BCUT2D eigenvalue weighted by Gasteiger charge is -2.23. The Balaban J connectivity index is 1.51. The zero-order chi connectivity index (χ0) is 29.8. The standard InChI is InChI=1S/C40H47N2O/c1-5-8-10-16-27-41-34-24-22-30-18-12-14-20-32(30)38(34)40(4,26-7-3)36(41)29-37-42(28-17-11-9-6-2)35-25-23-31-19-13-15-21-33(31)39(35)43-37/h7,12-15,18-25,29H,3,5-6,8-11,16-17,26-28H2,1-2,4H3/q+1. The molecule has 0 saturated heterocycles. The molecule has 6 rings (SSSR count). The minimum absolute atomic E-state index is 0.218. The van der Waals surface area contributed by atoms with E-state index < -0.39 is 0 Å². The topological polar surface area (TPSA) is 15.5 Å². The third-order valence-electron chi connectivity index (χ3n) is 9.51. The summed E-state index contributed by atoms with van der Waals surface area (Å²) in [6.45, 7) is 13.2. The highest BCUT2D eigenvalue weighted by atomic mass is 16.5. The number of anilines is 1. The van der Waals surface area contributed by atoms with Crippen molar-refractivity contribution in [2.24, 2.45) is 0 Å². The van der Waals surface area contributed by atoms with Gasteiger partial charge in [-0.2, -0.15) is 4.58 Å². The molecule has 0 spiro atoms. The Labute approximate surface area is 258 Å². The minimum atomic E-state index is -0.218. The Morgan fingerprint density at radius 1 is 0.791 bits per heavy atom. The summed E-state index contributed by atoms with van der Waals surface area (Å²) in [7, 11) is 0. The van der Waals surface area contributed by atoms with Crippen LogP contribution < -0.4 is 9.64 Å². The van der Waals surface area contributed by atoms with Crippen LogP contribution in [0.15, 0.2) is 97.4 Å². The van der Waals surface area contributed by atoms with Gasteiger partial charge in [0.1, 0.15) is 6.54 Å². The van der Waals surface area contributed by atoms with E-state index >= 15 is 0 Å². The van der Waals surface area contributed by atoms with Crippen molar-refractivity contribution in [1.82, 2.24) is 0 Å². The van der Waals surface area contributed by atoms with Gasteiger partial charge < -0.3 is 9.64 Å². The van der Waals surface area contributed by atoms with Crippen LogP contribution in [-0.4, -0.2) is 23.4 Å². The molecule has 2 aliphatic heterocycles. The first-order chi connectivity index (χ1) is 21.1. The first-order valence-electron chi connectivity index (χ1n) is 16.6. The number of fused-ring (bicyclic) bond motifs is 6. The average Bonchev–Trinajstić information content (AvgIpc) is 3.50. The zero-order valence-corrected chi connectivity index (χ0v) is 26.4. The second-order valence-electron chi connectivity index (χ2n) is 12.5. The minimum Gasteiger partial charge on any atom is -0.438 e. The number of rotatable bonds is 13. The third-order valence-corrected chi connectivity index (χ3v) is 9.51. The summed E-state index contributed by atoms with van der Waals surface area (Å²) in [5, 5.41) is 5.03. The Morgan fingerprint density at radius 3 is 2.21 bits per heavy atom. The monoisotopic (exact) mass is 571 g/mol. The van der Waals surface area contributed by atoms with Gasteiger partial charge in [0.2, 0.25) is 11.6 Å². The fraction of sp³-hybridized carbons (Fsp3) is 0.375. The molecular formula is C40H47N2O+. The molecule has 0 aliphatic carbocycles. The fourth-order valence-corrected chi connectivity index (χ4v) is 7.27. The molecule has 0 amide bonds. The molecule has 0 N–H and O–H groups in total. The van der Waals surface area contributed by atoms with E-state index in [1.165, 1.54) is 89.1 Å². The molecule has 4 aromatic rings. The van der Waals surface area contributed by atoms with Crippen molar-refractivity contribution >= 4 is 38.6 Å². The lowest BCUT2D eigenvalue weighted by atomic mass is 9.74. The summed E-state index contributed by atoms with van der Waals surface area (Å²) in [4.78, 5) is 2.44. The molecule has 2 heterocycles. The largest absolute Gasteiger partial charge is 0.438 e. The van der Waals surface area contributed by atoms with Crippen LogP contribution in [0, 0.1) is 0 Å². The number of nitrogens with zero attached hydrogens (tertiary/aromatic N) is 2. The van der Waals surface area contributed by atoms with E-state index in [1.54, 1.807) is 0 Å². The molecule has 0 saturated carbocycles. The second-order valence-corrected chi connectivity index (χ2v) is 12.5. The molecule has 1 unspecified atom stereocenters. The molecule has 2 aliphatic rings. The first-order valence-corrected chi connectivity index (χ1v) is 16.6. The average molecular weight is 572 g/mol. The van der Waals surface area contributed by atoms with Crippen LogP contribution in [0.5, 0.6) is 5.75 Å². The van der Waals surface area contributed by atoms with Crippen LogP contribution in [0.4, 0.5) is 11.4 Å². The molecule has 43 heavy (non-hydrogen) atoms. The lowest BCUT2D eigenvalue weighted by Crippen LogP contribution is -2.33. The van der Waals surface area contributed by atoms with Gasteiger partial charge in [-0.3, -0.25) is 0 Å². The Kier molecular flexibility index (Phi) is 8.70. The Morgan fingerprint density at radius 2 is 1.47 bits per heavy atom. The van der Waals surface area contributed by atoms with Crippen LogP contribution in [0.3, 0.4) is 0 Å². The van der Waals surface area contributed by atoms with Crippen molar-refractivity contribution in [2.75, 3.05) is 18.0 Å². The summed E-state index contributed by atoms with van der Waals surface area (Å²) in [6, 6.07) is 26.6. The van der Waals surface area contributed by atoms with Crippen LogP contribution in [0.1, 0.15) is 84.1 Å². The molecule has 4 aromatic carbocycles. The number of hydrogen-bond acceptors (Lipinski definition) is 2. The molecule has 3 heteroatoms. The summed E-state index contributed by atoms with van der Waals surface area (Å²) < 4.78 is 9.52. The van der Waals surface area contributed by atoms with Gasteiger partial charge in [0, 0.05) is 30.0 Å². The predicted octanol–water partition coefficient (Wildman–Crippen LogP) is 10.8. The molecular weight excluding hydrogens is 524 g/mol. The first kappa shape index (κ1) is 29.2. The van der Waals surface area contributed by atoms with Gasteiger partial charge in [0.05, 0.1) is 17.2 Å². The summed E-state index contributed by atoms with van der Waals surface area (Å²) in [5.41, 5.74) is 5.04. The van der Waals surface area contributed by atoms with E-state index in [4.69, 9.17) is 4.74 Å². The maximum Gasteiger partial charge on any atom is 0.210 e. The van der Waals surface area contributed by atoms with Crippen LogP contribution >= 0.6 is 0 Å². The van der Waals surface area contributed by atoms with Gasteiger partial charge in [-0.15, -0.1) is 6.58 Å². The van der Waals surface area contributed by atoms with Crippen molar-refractivity contribution in [3.05, 3.63) is 103 Å². The molecule has 222 valence electrons. The highest BCUT2D eigenvalue weighted by molar-refractivity contribution is 6.09. The van der Waals surface area contributed by atoms with Crippen molar-refractivity contribution in [3.8, 4) is 5.75 Å². The van der Waals surface area contributed by atoms with Crippen molar-refractivity contribution in [1.29, 1.82) is 0 Å². The van der Waals surface area contributed by atoms with Gasteiger partial charge >= 0.3 is 0 Å². The van der Waals surface area contributed by atoms with Crippen LogP contribution in [0.2, 0.25) is 0 Å². The van der Waals surface area contributed by atoms with Gasteiger partial charge in [-0.1, -0.05) is 107 Å². The Hall–Kier alpha value is -3.85. The maximum atomic E-state index is 6.91. The number of benzene rings is 4. The molecule has 3 nitrogen and oxygen atoms in total. The van der Waals surface area contributed by atoms with Crippen molar-refractivity contribution < 1.29 is 9.31 Å².